The number of aryl methyl sites for hydroxylation is 1. The van der Waals surface area contributed by atoms with Gasteiger partial charge in [-0.15, -0.1) is 0 Å². The minimum Gasteiger partial charge on any atom is -0.444 e. The molecule has 1 aromatic rings. The van der Waals surface area contributed by atoms with E-state index in [2.05, 4.69) is 75.6 Å². The summed E-state index contributed by atoms with van der Waals surface area (Å²) in [6.07, 6.45) is 23.9. The van der Waals surface area contributed by atoms with Crippen LogP contribution < -0.4 is 0 Å². The first-order chi connectivity index (χ1) is 23.9. The molecule has 0 unspecified atom stereocenters. The van der Waals surface area contributed by atoms with Crippen molar-refractivity contribution in [2.24, 2.45) is 4.99 Å². The molecule has 0 bridgehead atoms. The number of amides is 1. The van der Waals surface area contributed by atoms with E-state index in [1.54, 1.807) is 6.20 Å². The number of unbranched alkanes of at least 4 members (excludes halogenated alkanes) is 3. The Morgan fingerprint density at radius 3 is 2.24 bits per heavy atom. The maximum Gasteiger partial charge on any atom is 0.410 e. The van der Waals surface area contributed by atoms with Crippen molar-refractivity contribution < 1.29 is 18.3 Å². The van der Waals surface area contributed by atoms with Crippen LogP contribution in [0.3, 0.4) is 0 Å². The van der Waals surface area contributed by atoms with E-state index in [1.807, 2.05) is 32.6 Å². The highest BCUT2D eigenvalue weighted by molar-refractivity contribution is 6.05. The molecule has 3 rings (SSSR count). The van der Waals surface area contributed by atoms with E-state index in [1.165, 1.54) is 37.0 Å². The molecule has 1 heterocycles. The van der Waals surface area contributed by atoms with Gasteiger partial charge in [0.15, 0.2) is 0 Å². The summed E-state index contributed by atoms with van der Waals surface area (Å²) < 4.78 is 33.1. The molecule has 7 heteroatoms. The average Bonchev–Trinajstić information content (AvgIpc) is 3.04. The third-order valence-corrected chi connectivity index (χ3v) is 8.81. The van der Waals surface area contributed by atoms with Crippen molar-refractivity contribution in [3.8, 4) is 0 Å². The van der Waals surface area contributed by atoms with Crippen LogP contribution in [0.4, 0.5) is 13.6 Å². The van der Waals surface area contributed by atoms with E-state index >= 15 is 0 Å². The molecule has 1 aliphatic carbocycles. The maximum atomic E-state index is 13.7. The van der Waals surface area contributed by atoms with Gasteiger partial charge in [-0.05, 0) is 108 Å². The number of hydrogen-bond acceptors (Lipinski definition) is 4. The summed E-state index contributed by atoms with van der Waals surface area (Å²) in [5.41, 5.74) is 5.66. The predicted octanol–water partition coefficient (Wildman–Crippen LogP) is 11.8. The van der Waals surface area contributed by atoms with Crippen molar-refractivity contribution in [3.05, 3.63) is 107 Å². The fraction of sp³-hybridized carbons (Fsp3) is 0.535. The van der Waals surface area contributed by atoms with Crippen molar-refractivity contribution in [1.29, 1.82) is 0 Å². The van der Waals surface area contributed by atoms with Gasteiger partial charge in [0, 0.05) is 54.9 Å². The van der Waals surface area contributed by atoms with Crippen LogP contribution in [0.15, 0.2) is 94.8 Å². The molecule has 0 saturated carbocycles. The van der Waals surface area contributed by atoms with E-state index in [-0.39, 0.29) is 12.1 Å². The Hall–Kier alpha value is -3.74. The molecule has 5 nitrogen and oxygen atoms in total. The first-order valence-corrected chi connectivity index (χ1v) is 18.7. The summed E-state index contributed by atoms with van der Waals surface area (Å²) in [6, 6.07) is 3.82. The quantitative estimate of drug-likeness (QED) is 0.0985. The van der Waals surface area contributed by atoms with Crippen molar-refractivity contribution in [2.45, 2.75) is 131 Å². The molecule has 1 aliphatic heterocycles. The van der Waals surface area contributed by atoms with E-state index < -0.39 is 17.2 Å². The van der Waals surface area contributed by atoms with Crippen LogP contribution in [0.25, 0.3) is 0 Å². The molecule has 1 aromatic carbocycles. The number of carbonyl (C=O) groups excluding carboxylic acids is 1. The molecule has 0 aromatic heterocycles. The number of carbonyl (C=O) groups is 1. The van der Waals surface area contributed by atoms with Crippen LogP contribution >= 0.6 is 0 Å². The average molecular weight is 692 g/mol. The van der Waals surface area contributed by atoms with E-state index in [9.17, 15) is 13.6 Å². The van der Waals surface area contributed by atoms with Crippen LogP contribution in [-0.4, -0.2) is 52.9 Å². The second-order valence-corrected chi connectivity index (χ2v) is 14.0. The SMILES string of the molecule is C=CN=C(CCCCc1cc(F)cc(F)c1)C(/C(=C\C)/C=C/CCC1=CC=C1)=C(\C)N1CCN(C(=O)OC(C)(C)C)C[C@H]1CC.CCCCC. The van der Waals surface area contributed by atoms with Gasteiger partial charge < -0.3 is 14.5 Å². The summed E-state index contributed by atoms with van der Waals surface area (Å²) >= 11 is 0. The fourth-order valence-corrected chi connectivity index (χ4v) is 6.14. The lowest BCUT2D eigenvalue weighted by Gasteiger charge is -2.44. The molecule has 1 fully saturated rings. The number of benzene rings is 1. The molecule has 1 saturated heterocycles. The minimum absolute atomic E-state index is 0.119. The summed E-state index contributed by atoms with van der Waals surface area (Å²) in [5, 5.41) is 0. The Balaban J connectivity index is 0.00000161. The maximum absolute atomic E-state index is 13.7. The zero-order chi connectivity index (χ0) is 37.1. The van der Waals surface area contributed by atoms with Gasteiger partial charge in [-0.25, -0.2) is 13.6 Å². The molecular formula is C43H63F2N3O2. The van der Waals surface area contributed by atoms with Gasteiger partial charge in [0.05, 0.1) is 0 Å². The van der Waals surface area contributed by atoms with Crippen LogP contribution in [0.1, 0.15) is 119 Å². The second kappa shape index (κ2) is 22.2. The standard InChI is InChI=1S/C38H51F2N3O2.C5H12/c1-8-31(20-13-11-16-29-18-15-19-29)36(35(41-10-3)21-14-12-17-30-24-32(39)26-33(40)25-30)28(4)43-23-22-42(27-34(43)9-2)37(44)45-38(5,6)7;1-3-5-4-2/h8,10,13,15,18-20,24-26,34H,3,9,11-12,14,16-17,21-23,27H2,1-2,4-7H3;3-5H2,1-2H3/b20-13+,31-8-,36-28+,41-35?;/t34-;/m1./s1. The van der Waals surface area contributed by atoms with Gasteiger partial charge in [-0.2, -0.15) is 0 Å². The van der Waals surface area contributed by atoms with Crippen LogP contribution in [0, 0.1) is 11.6 Å². The molecular weight excluding hydrogens is 628 g/mol. The van der Waals surface area contributed by atoms with E-state index in [4.69, 9.17) is 9.73 Å². The smallest absolute Gasteiger partial charge is 0.410 e. The lowest BCUT2D eigenvalue weighted by Crippen LogP contribution is -2.54. The normalized spacial score (nSPS) is 17.2. The number of rotatable bonds is 16. The lowest BCUT2D eigenvalue weighted by atomic mass is 9.92. The Labute approximate surface area is 302 Å². The molecule has 0 radical (unpaired) electrons. The first-order valence-electron chi connectivity index (χ1n) is 18.7. The number of nitrogens with zero attached hydrogens (tertiary/aromatic N) is 3. The summed E-state index contributed by atoms with van der Waals surface area (Å²) in [7, 11) is 0. The second-order valence-electron chi connectivity index (χ2n) is 14.0. The molecule has 0 N–H and O–H groups in total. The Kier molecular flexibility index (Phi) is 18.8. The third-order valence-electron chi connectivity index (χ3n) is 8.81. The number of piperazine rings is 1. The molecule has 50 heavy (non-hydrogen) atoms. The highest BCUT2D eigenvalue weighted by Crippen LogP contribution is 2.29. The monoisotopic (exact) mass is 691 g/mol. The molecule has 276 valence electrons. The minimum atomic E-state index is -0.550. The van der Waals surface area contributed by atoms with Gasteiger partial charge in [0.25, 0.3) is 0 Å². The van der Waals surface area contributed by atoms with E-state index in [0.29, 0.717) is 38.0 Å². The zero-order valence-electron chi connectivity index (χ0n) is 32.2. The largest absolute Gasteiger partial charge is 0.444 e. The summed E-state index contributed by atoms with van der Waals surface area (Å²) in [5.74, 6) is -1.10. The molecule has 2 aliphatic rings. The van der Waals surface area contributed by atoms with E-state index in [0.717, 1.165) is 60.7 Å². The zero-order valence-corrected chi connectivity index (χ0v) is 32.2. The fourth-order valence-electron chi connectivity index (χ4n) is 6.14. The molecule has 1 amide bonds. The van der Waals surface area contributed by atoms with Gasteiger partial charge in [-0.3, -0.25) is 4.99 Å². The van der Waals surface area contributed by atoms with Crippen LogP contribution in [0.5, 0.6) is 0 Å². The summed E-state index contributed by atoms with van der Waals surface area (Å²) in [6.45, 7) is 22.2. The number of allylic oxidation sites excluding steroid dienone is 10. The van der Waals surface area contributed by atoms with Gasteiger partial charge in [0.1, 0.15) is 17.2 Å². The third kappa shape index (κ3) is 14.6. The van der Waals surface area contributed by atoms with Crippen molar-refractivity contribution in [3.63, 3.8) is 0 Å². The highest BCUT2D eigenvalue weighted by Gasteiger charge is 2.32. The van der Waals surface area contributed by atoms with Gasteiger partial charge in [0.2, 0.25) is 0 Å². The number of aliphatic imine (C=N–C) groups is 1. The Morgan fingerprint density at radius 1 is 1.04 bits per heavy atom. The van der Waals surface area contributed by atoms with Crippen LogP contribution in [-0.2, 0) is 11.2 Å². The van der Waals surface area contributed by atoms with Crippen molar-refractivity contribution in [1.82, 2.24) is 9.80 Å². The topological polar surface area (TPSA) is 45.1 Å². The number of halogens is 2. The highest BCUT2D eigenvalue weighted by atomic mass is 19.1. The first kappa shape index (κ1) is 42.4. The van der Waals surface area contributed by atoms with Gasteiger partial charge in [-0.1, -0.05) is 83.1 Å². The lowest BCUT2D eigenvalue weighted by molar-refractivity contribution is 0.00818. The number of hydrogen-bond donors (Lipinski definition) is 0. The molecule has 1 atom stereocenters. The van der Waals surface area contributed by atoms with Crippen molar-refractivity contribution >= 4 is 11.8 Å². The van der Waals surface area contributed by atoms with Crippen molar-refractivity contribution in [2.75, 3.05) is 19.6 Å². The number of ether oxygens (including phenoxy) is 1. The Bertz CT molecular complexity index is 1410. The van der Waals surface area contributed by atoms with Gasteiger partial charge >= 0.3 is 6.09 Å². The van der Waals surface area contributed by atoms with Crippen LogP contribution in [0.2, 0.25) is 0 Å². The molecule has 0 spiro atoms. The summed E-state index contributed by atoms with van der Waals surface area (Å²) in [4.78, 5) is 21.9. The Morgan fingerprint density at radius 2 is 1.72 bits per heavy atom. The predicted molar refractivity (Wildman–Crippen MR) is 207 cm³/mol.